The largest absolute Gasteiger partial charge is 0.379 e. The van der Waals surface area contributed by atoms with E-state index in [0.29, 0.717) is 26.3 Å². The van der Waals surface area contributed by atoms with Crippen molar-refractivity contribution in [2.45, 2.75) is 19.3 Å². The first-order valence-electron chi connectivity index (χ1n) is 9.50. The number of morpholine rings is 1. The fourth-order valence-corrected chi connectivity index (χ4v) is 7.03. The van der Waals surface area contributed by atoms with Gasteiger partial charge in [-0.25, -0.2) is 4.67 Å². The number of hydrogen-bond acceptors (Lipinski definition) is 3. The van der Waals surface area contributed by atoms with Gasteiger partial charge in [0.25, 0.3) is 0 Å². The molecule has 2 aliphatic heterocycles. The molecule has 2 heterocycles. The molecule has 142 valence electrons. The lowest BCUT2D eigenvalue weighted by Crippen LogP contribution is -2.36. The van der Waals surface area contributed by atoms with E-state index in [4.69, 9.17) is 4.74 Å². The van der Waals surface area contributed by atoms with E-state index in [9.17, 15) is 4.57 Å². The average Bonchev–Trinajstić information content (AvgIpc) is 2.90. The third-order valence-corrected chi connectivity index (χ3v) is 8.64. The minimum atomic E-state index is -2.89. The lowest BCUT2D eigenvalue weighted by molar-refractivity contribution is 0.0731. The first-order valence-corrected chi connectivity index (χ1v) is 11.2. The van der Waals surface area contributed by atoms with Crippen molar-refractivity contribution in [1.82, 2.24) is 4.67 Å². The lowest BCUT2D eigenvalue weighted by Gasteiger charge is -2.35. The Hall–Kier alpha value is -1.87. The zero-order valence-corrected chi connectivity index (χ0v) is 17.2. The number of hydrogen-bond donors (Lipinski definition) is 0. The normalized spacial score (nSPS) is 23.2. The second-order valence-electron chi connectivity index (χ2n) is 7.74. The molecule has 0 aliphatic carbocycles. The van der Waals surface area contributed by atoms with Crippen molar-refractivity contribution in [1.29, 1.82) is 0 Å². The molecule has 0 radical (unpaired) electrons. The molecule has 1 fully saturated rings. The fourth-order valence-electron chi connectivity index (χ4n) is 4.21. The molecular weight excluding hydrogens is 355 g/mol. The molecule has 0 bridgehead atoms. The second kappa shape index (κ2) is 6.94. The molecule has 4 nitrogen and oxygen atoms in total. The Kier molecular flexibility index (Phi) is 4.75. The molecule has 0 amide bonds. The molecule has 2 aromatic rings. The van der Waals surface area contributed by atoms with Crippen molar-refractivity contribution in [3.8, 4) is 0 Å². The maximum atomic E-state index is 14.5. The van der Waals surface area contributed by atoms with E-state index in [1.165, 1.54) is 11.3 Å². The first-order chi connectivity index (χ1) is 12.9. The Bertz CT molecular complexity index is 902. The molecule has 0 spiro atoms. The summed E-state index contributed by atoms with van der Waals surface area (Å²) < 4.78 is 22.1. The van der Waals surface area contributed by atoms with Crippen LogP contribution in [-0.2, 0) is 14.7 Å². The average molecular weight is 382 g/mol. The highest BCUT2D eigenvalue weighted by Gasteiger charge is 2.42. The molecule has 1 saturated heterocycles. The predicted octanol–water partition coefficient (Wildman–Crippen LogP) is 4.19. The van der Waals surface area contributed by atoms with Gasteiger partial charge in [-0.2, -0.15) is 0 Å². The van der Waals surface area contributed by atoms with Crippen LogP contribution >= 0.6 is 7.29 Å². The number of para-hydroxylation sites is 1. The van der Waals surface area contributed by atoms with E-state index in [2.05, 4.69) is 54.7 Å². The molecule has 0 saturated carbocycles. The van der Waals surface area contributed by atoms with Crippen LogP contribution in [0.3, 0.4) is 0 Å². The molecule has 0 unspecified atom stereocenters. The Balaban J connectivity index is 1.86. The molecule has 0 N–H and O–H groups in total. The van der Waals surface area contributed by atoms with E-state index in [1.807, 2.05) is 36.1 Å². The topological polar surface area (TPSA) is 32.8 Å². The van der Waals surface area contributed by atoms with Crippen molar-refractivity contribution < 1.29 is 9.30 Å². The number of allylic oxidation sites excluding steroid dienone is 1. The van der Waals surface area contributed by atoms with Crippen molar-refractivity contribution in [3.05, 3.63) is 71.7 Å². The van der Waals surface area contributed by atoms with Crippen LogP contribution in [-0.4, -0.2) is 38.0 Å². The summed E-state index contributed by atoms with van der Waals surface area (Å²) >= 11 is 0. The number of fused-ring (bicyclic) bond motifs is 1. The van der Waals surface area contributed by atoms with Gasteiger partial charge in [-0.15, -0.1) is 0 Å². The number of ether oxygens (including phenoxy) is 1. The van der Waals surface area contributed by atoms with Crippen molar-refractivity contribution in [3.63, 3.8) is 0 Å². The van der Waals surface area contributed by atoms with E-state index >= 15 is 0 Å². The van der Waals surface area contributed by atoms with Crippen LogP contribution in [0.2, 0.25) is 0 Å². The number of likely N-dealkylation sites (N-methyl/N-ethyl adjacent to an activating group) is 1. The summed E-state index contributed by atoms with van der Waals surface area (Å²) in [6.45, 7) is 7.06. The van der Waals surface area contributed by atoms with Crippen LogP contribution in [0.25, 0.3) is 0 Å². The number of benzene rings is 2. The van der Waals surface area contributed by atoms with Crippen molar-refractivity contribution in [2.24, 2.45) is 0 Å². The smallest absolute Gasteiger partial charge is 0.202 e. The Morgan fingerprint density at radius 3 is 2.30 bits per heavy atom. The molecule has 2 aromatic carbocycles. The summed E-state index contributed by atoms with van der Waals surface area (Å²) in [5, 5.41) is 0.888. The molecule has 27 heavy (non-hydrogen) atoms. The van der Waals surface area contributed by atoms with Gasteiger partial charge >= 0.3 is 0 Å². The Labute approximate surface area is 161 Å². The zero-order chi connectivity index (χ0) is 19.1. The van der Waals surface area contributed by atoms with E-state index in [-0.39, 0.29) is 5.41 Å². The van der Waals surface area contributed by atoms with Crippen molar-refractivity contribution >= 4 is 18.3 Å². The van der Waals surface area contributed by atoms with Gasteiger partial charge in [0.05, 0.1) is 13.2 Å². The summed E-state index contributed by atoms with van der Waals surface area (Å²) in [7, 11) is -0.815. The standard InChI is InChI=1S/C22H27N2O2P/c1-22(2)19-11-7-8-12-20(19)23(3)21(22)17-27(25,18-9-5-4-6-10-18)24-13-15-26-16-14-24/h4-12,17H,13-16H2,1-3H3/t27-/m1/s1. The van der Waals surface area contributed by atoms with Crippen LogP contribution in [0.4, 0.5) is 5.69 Å². The zero-order valence-electron chi connectivity index (χ0n) is 16.3. The van der Waals surface area contributed by atoms with Gasteiger partial charge in [0, 0.05) is 48.1 Å². The summed E-state index contributed by atoms with van der Waals surface area (Å²) in [6, 6.07) is 18.4. The maximum absolute atomic E-state index is 14.5. The Morgan fingerprint density at radius 1 is 1.00 bits per heavy atom. The summed E-state index contributed by atoms with van der Waals surface area (Å²) in [4.78, 5) is 2.20. The molecule has 1 atom stereocenters. The number of anilines is 1. The number of nitrogens with zero attached hydrogens (tertiary/aromatic N) is 2. The van der Waals surface area contributed by atoms with Gasteiger partial charge in [0.2, 0.25) is 7.29 Å². The van der Waals surface area contributed by atoms with Gasteiger partial charge in [0.1, 0.15) is 0 Å². The first kappa shape index (κ1) is 18.5. The number of rotatable bonds is 3. The van der Waals surface area contributed by atoms with Crippen LogP contribution in [0.15, 0.2) is 66.1 Å². The highest BCUT2D eigenvalue weighted by atomic mass is 31.2. The maximum Gasteiger partial charge on any atom is 0.202 e. The van der Waals surface area contributed by atoms with Gasteiger partial charge in [-0.3, -0.25) is 4.57 Å². The van der Waals surface area contributed by atoms with Gasteiger partial charge in [-0.1, -0.05) is 50.2 Å². The molecule has 2 aliphatic rings. The third-order valence-electron chi connectivity index (χ3n) is 5.77. The summed E-state index contributed by atoms with van der Waals surface area (Å²) in [5.74, 6) is 2.05. The summed E-state index contributed by atoms with van der Waals surface area (Å²) in [5.41, 5.74) is 3.38. The SMILES string of the molecule is CN1C(=C[P@@](=O)(c2ccccc2)N2CCOCC2)C(C)(C)c2ccccc21. The van der Waals surface area contributed by atoms with Crippen LogP contribution in [0.5, 0.6) is 0 Å². The predicted molar refractivity (Wildman–Crippen MR) is 112 cm³/mol. The molecule has 5 heteroatoms. The summed E-state index contributed by atoms with van der Waals surface area (Å²) in [6.07, 6.45) is 0. The third kappa shape index (κ3) is 3.06. The van der Waals surface area contributed by atoms with E-state index in [0.717, 1.165) is 11.0 Å². The highest BCUT2D eigenvalue weighted by molar-refractivity contribution is 7.72. The molecular formula is C22H27N2O2P. The quantitative estimate of drug-likeness (QED) is 0.746. The fraction of sp³-hybridized carbons (Fsp3) is 0.364. The van der Waals surface area contributed by atoms with E-state index in [1.54, 1.807) is 0 Å². The van der Waals surface area contributed by atoms with E-state index < -0.39 is 7.29 Å². The van der Waals surface area contributed by atoms with Crippen LogP contribution < -0.4 is 10.2 Å². The lowest BCUT2D eigenvalue weighted by atomic mass is 9.84. The van der Waals surface area contributed by atoms with Crippen LogP contribution in [0.1, 0.15) is 19.4 Å². The van der Waals surface area contributed by atoms with Gasteiger partial charge in [-0.05, 0) is 23.8 Å². The minimum Gasteiger partial charge on any atom is -0.379 e. The van der Waals surface area contributed by atoms with Gasteiger partial charge < -0.3 is 9.64 Å². The molecule has 0 aromatic heterocycles. The Morgan fingerprint density at radius 2 is 1.63 bits per heavy atom. The van der Waals surface area contributed by atoms with Crippen LogP contribution in [0, 0.1) is 0 Å². The second-order valence-corrected chi connectivity index (χ2v) is 10.3. The molecule has 4 rings (SSSR count). The van der Waals surface area contributed by atoms with Crippen molar-refractivity contribution in [2.75, 3.05) is 38.3 Å². The monoisotopic (exact) mass is 382 g/mol. The minimum absolute atomic E-state index is 0.192. The highest BCUT2D eigenvalue weighted by Crippen LogP contribution is 2.56. The van der Waals surface area contributed by atoms with Gasteiger partial charge in [0.15, 0.2) is 0 Å².